The highest BCUT2D eigenvalue weighted by Gasteiger charge is 2.35. The third-order valence-electron chi connectivity index (χ3n) is 5.47. The average molecular weight is 516 g/mol. The van der Waals surface area contributed by atoms with Gasteiger partial charge in [-0.05, 0) is 38.1 Å². The van der Waals surface area contributed by atoms with Crippen molar-refractivity contribution in [3.63, 3.8) is 0 Å². The molecule has 0 saturated carbocycles. The number of amides is 1. The topological polar surface area (TPSA) is 82.9 Å². The minimum atomic E-state index is -0.307. The molecule has 0 atom stereocenters. The maximum Gasteiger partial charge on any atom is 0.409 e. The van der Waals surface area contributed by atoms with E-state index in [9.17, 15) is 9.59 Å². The Bertz CT molecular complexity index is 1160. The minimum absolute atomic E-state index is 0.0361. The van der Waals surface area contributed by atoms with Gasteiger partial charge in [-0.15, -0.1) is 0 Å². The molecular formula is C24H26BrN3O5. The van der Waals surface area contributed by atoms with Crippen molar-refractivity contribution >= 4 is 38.9 Å². The molecule has 0 bridgehead atoms. The molecule has 1 aliphatic rings. The van der Waals surface area contributed by atoms with Crippen LogP contribution < -0.4 is 4.74 Å². The van der Waals surface area contributed by atoms with Crippen molar-refractivity contribution in [2.24, 2.45) is 0 Å². The van der Waals surface area contributed by atoms with Gasteiger partial charge in [-0.25, -0.2) is 4.79 Å². The maximum atomic E-state index is 12.0. The van der Waals surface area contributed by atoms with Gasteiger partial charge in [0.1, 0.15) is 12.4 Å². The lowest BCUT2D eigenvalue weighted by Gasteiger charge is -2.38. The summed E-state index contributed by atoms with van der Waals surface area (Å²) in [6, 6.07) is 13.4. The SMILES string of the molecule is CCOC(=O)Cc1ccccc1OCc1c2cc(Br)ccc2nn1C1CN(C(=O)OCC)C1. The van der Waals surface area contributed by atoms with Crippen LogP contribution in [0.4, 0.5) is 4.79 Å². The quantitative estimate of drug-likeness (QED) is 0.411. The second-order valence-electron chi connectivity index (χ2n) is 7.69. The van der Waals surface area contributed by atoms with E-state index in [2.05, 4.69) is 15.9 Å². The van der Waals surface area contributed by atoms with Gasteiger partial charge in [-0.2, -0.15) is 5.10 Å². The van der Waals surface area contributed by atoms with Crippen molar-refractivity contribution in [2.45, 2.75) is 32.9 Å². The molecule has 3 aromatic rings. The molecule has 9 heteroatoms. The molecule has 0 N–H and O–H groups in total. The monoisotopic (exact) mass is 515 g/mol. The molecule has 1 aromatic heterocycles. The number of aromatic nitrogens is 2. The van der Waals surface area contributed by atoms with E-state index in [1.165, 1.54) is 0 Å². The van der Waals surface area contributed by atoms with Gasteiger partial charge in [-0.1, -0.05) is 34.1 Å². The van der Waals surface area contributed by atoms with Gasteiger partial charge in [0.05, 0.1) is 36.9 Å². The number of nitrogens with zero attached hydrogens (tertiary/aromatic N) is 3. The van der Waals surface area contributed by atoms with Crippen LogP contribution in [0.1, 0.15) is 31.1 Å². The number of hydrogen-bond acceptors (Lipinski definition) is 6. The van der Waals surface area contributed by atoms with Gasteiger partial charge in [0, 0.05) is 28.5 Å². The lowest BCUT2D eigenvalue weighted by Crippen LogP contribution is -2.51. The molecule has 174 valence electrons. The van der Waals surface area contributed by atoms with E-state index in [4.69, 9.17) is 19.3 Å². The van der Waals surface area contributed by atoms with Crippen LogP contribution in [0.15, 0.2) is 46.9 Å². The number of ether oxygens (including phenoxy) is 3. The van der Waals surface area contributed by atoms with E-state index in [1.807, 2.05) is 47.1 Å². The van der Waals surface area contributed by atoms with E-state index < -0.39 is 0 Å². The molecule has 1 saturated heterocycles. The number of hydrogen-bond donors (Lipinski definition) is 0. The molecular weight excluding hydrogens is 490 g/mol. The summed E-state index contributed by atoms with van der Waals surface area (Å²) >= 11 is 3.54. The highest BCUT2D eigenvalue weighted by molar-refractivity contribution is 9.10. The van der Waals surface area contributed by atoms with Crippen LogP contribution in [0.2, 0.25) is 0 Å². The van der Waals surface area contributed by atoms with E-state index in [-0.39, 0.29) is 31.1 Å². The predicted molar refractivity (Wildman–Crippen MR) is 126 cm³/mol. The third kappa shape index (κ3) is 5.13. The van der Waals surface area contributed by atoms with E-state index in [0.717, 1.165) is 26.6 Å². The summed E-state index contributed by atoms with van der Waals surface area (Å²) in [4.78, 5) is 25.6. The third-order valence-corrected chi connectivity index (χ3v) is 5.97. The highest BCUT2D eigenvalue weighted by Crippen LogP contribution is 2.31. The summed E-state index contributed by atoms with van der Waals surface area (Å²) in [5.74, 6) is 0.338. The fraction of sp³-hybridized carbons (Fsp3) is 0.375. The Morgan fingerprint density at radius 2 is 1.85 bits per heavy atom. The Morgan fingerprint density at radius 1 is 1.09 bits per heavy atom. The second kappa shape index (κ2) is 10.2. The zero-order valence-electron chi connectivity index (χ0n) is 18.6. The van der Waals surface area contributed by atoms with Crippen LogP contribution in [0, 0.1) is 0 Å². The zero-order chi connectivity index (χ0) is 23.4. The number of rotatable bonds is 8. The summed E-state index contributed by atoms with van der Waals surface area (Å²) in [6.45, 7) is 5.59. The molecule has 0 aliphatic carbocycles. The van der Waals surface area contributed by atoms with Gasteiger partial charge in [0.15, 0.2) is 0 Å². The first-order valence-electron chi connectivity index (χ1n) is 10.9. The van der Waals surface area contributed by atoms with Crippen molar-refractivity contribution < 1.29 is 23.8 Å². The van der Waals surface area contributed by atoms with Gasteiger partial charge < -0.3 is 19.1 Å². The lowest BCUT2D eigenvalue weighted by atomic mass is 10.1. The highest BCUT2D eigenvalue weighted by atomic mass is 79.9. The number of para-hydroxylation sites is 1. The van der Waals surface area contributed by atoms with Gasteiger partial charge in [0.25, 0.3) is 0 Å². The maximum absolute atomic E-state index is 12.0. The van der Waals surface area contributed by atoms with Crippen molar-refractivity contribution in [3.05, 3.63) is 58.2 Å². The van der Waals surface area contributed by atoms with Gasteiger partial charge in [0.2, 0.25) is 0 Å². The number of likely N-dealkylation sites (tertiary alicyclic amines) is 1. The van der Waals surface area contributed by atoms with Crippen LogP contribution in [0.5, 0.6) is 5.75 Å². The molecule has 2 heterocycles. The Hall–Kier alpha value is -3.07. The lowest BCUT2D eigenvalue weighted by molar-refractivity contribution is -0.142. The minimum Gasteiger partial charge on any atom is -0.487 e. The number of halogens is 1. The first-order chi connectivity index (χ1) is 16.0. The standard InChI is InChI=1S/C24H26BrN3O5/c1-3-31-23(29)11-16-7-5-6-8-22(16)33-15-21-19-12-17(25)9-10-20(19)26-28(21)18-13-27(14-18)24(30)32-4-2/h5-10,12,18H,3-4,11,13-15H2,1-2H3. The summed E-state index contributed by atoms with van der Waals surface area (Å²) in [5, 5.41) is 5.76. The summed E-state index contributed by atoms with van der Waals surface area (Å²) < 4.78 is 19.3. The fourth-order valence-corrected chi connectivity index (χ4v) is 4.21. The molecule has 33 heavy (non-hydrogen) atoms. The van der Waals surface area contributed by atoms with Crippen molar-refractivity contribution in [1.29, 1.82) is 0 Å². The van der Waals surface area contributed by atoms with Crippen molar-refractivity contribution in [3.8, 4) is 5.75 Å². The van der Waals surface area contributed by atoms with E-state index in [1.54, 1.807) is 18.7 Å². The molecule has 1 fully saturated rings. The normalized spacial score (nSPS) is 13.6. The van der Waals surface area contributed by atoms with E-state index in [0.29, 0.717) is 32.1 Å². The molecule has 4 rings (SSSR count). The second-order valence-corrected chi connectivity index (χ2v) is 8.60. The predicted octanol–water partition coefficient (Wildman–Crippen LogP) is 4.50. The zero-order valence-corrected chi connectivity index (χ0v) is 20.2. The average Bonchev–Trinajstić information content (AvgIpc) is 3.09. The molecule has 0 radical (unpaired) electrons. The fourth-order valence-electron chi connectivity index (χ4n) is 3.85. The Kier molecular flexibility index (Phi) is 7.17. The van der Waals surface area contributed by atoms with Crippen LogP contribution in [0.25, 0.3) is 10.9 Å². The number of carbonyl (C=O) groups excluding carboxylic acids is 2. The molecule has 8 nitrogen and oxygen atoms in total. The Morgan fingerprint density at radius 3 is 2.61 bits per heavy atom. The number of benzene rings is 2. The summed E-state index contributed by atoms with van der Waals surface area (Å²) in [7, 11) is 0. The Labute approximate surface area is 200 Å². The first-order valence-corrected chi connectivity index (χ1v) is 11.7. The van der Waals surface area contributed by atoms with Crippen LogP contribution in [-0.2, 0) is 27.3 Å². The van der Waals surface area contributed by atoms with Crippen LogP contribution in [0.3, 0.4) is 0 Å². The summed E-state index contributed by atoms with van der Waals surface area (Å²) in [5.41, 5.74) is 2.53. The van der Waals surface area contributed by atoms with Crippen molar-refractivity contribution in [2.75, 3.05) is 26.3 Å². The van der Waals surface area contributed by atoms with Gasteiger partial charge in [-0.3, -0.25) is 9.48 Å². The van der Waals surface area contributed by atoms with E-state index >= 15 is 0 Å². The number of carbonyl (C=O) groups is 2. The molecule has 0 spiro atoms. The molecule has 1 aliphatic heterocycles. The van der Waals surface area contributed by atoms with Crippen molar-refractivity contribution in [1.82, 2.24) is 14.7 Å². The molecule has 1 amide bonds. The largest absolute Gasteiger partial charge is 0.487 e. The number of fused-ring (bicyclic) bond motifs is 1. The smallest absolute Gasteiger partial charge is 0.409 e. The summed E-state index contributed by atoms with van der Waals surface area (Å²) in [6.07, 6.45) is -0.161. The van der Waals surface area contributed by atoms with Crippen LogP contribution in [-0.4, -0.2) is 53.0 Å². The molecule has 0 unspecified atom stereocenters. The number of esters is 1. The van der Waals surface area contributed by atoms with Crippen LogP contribution >= 0.6 is 15.9 Å². The Balaban J connectivity index is 1.57. The first kappa shape index (κ1) is 23.1. The molecule has 2 aromatic carbocycles. The van der Waals surface area contributed by atoms with Gasteiger partial charge >= 0.3 is 12.1 Å².